The number of anilines is 3. The predicted octanol–water partition coefficient (Wildman–Crippen LogP) is 1.00. The lowest BCUT2D eigenvalue weighted by Crippen LogP contribution is -2.17. The van der Waals surface area contributed by atoms with Gasteiger partial charge in [0.2, 0.25) is 0 Å². The molecule has 0 spiro atoms. The standard InChI is InChI=1S/C8H7ClN6OS/c9-4-6(11)14-5(10)3(13-4)7(16)15-8-12-1-2-17-8/h1-2H,(H4,10,11,14)(H,12,15,16). The van der Waals surface area contributed by atoms with Gasteiger partial charge in [-0.25, -0.2) is 15.0 Å². The van der Waals surface area contributed by atoms with E-state index in [-0.39, 0.29) is 22.5 Å². The maximum atomic E-state index is 11.8. The van der Waals surface area contributed by atoms with Crippen molar-refractivity contribution in [1.82, 2.24) is 15.0 Å². The summed E-state index contributed by atoms with van der Waals surface area (Å²) in [5.74, 6) is -0.636. The van der Waals surface area contributed by atoms with Gasteiger partial charge in [0.1, 0.15) is 0 Å². The highest BCUT2D eigenvalue weighted by atomic mass is 35.5. The number of thiazole rings is 1. The fraction of sp³-hybridized carbons (Fsp3) is 0. The van der Waals surface area contributed by atoms with Crippen molar-refractivity contribution in [3.63, 3.8) is 0 Å². The molecule has 0 fully saturated rings. The zero-order valence-electron chi connectivity index (χ0n) is 8.35. The molecule has 7 nitrogen and oxygen atoms in total. The molecule has 5 N–H and O–H groups in total. The Hall–Kier alpha value is -1.93. The molecule has 0 saturated heterocycles. The van der Waals surface area contributed by atoms with E-state index >= 15 is 0 Å². The second kappa shape index (κ2) is 4.52. The van der Waals surface area contributed by atoms with E-state index in [9.17, 15) is 4.79 Å². The van der Waals surface area contributed by atoms with Gasteiger partial charge in [0.15, 0.2) is 27.6 Å². The van der Waals surface area contributed by atoms with Crippen LogP contribution in [0.2, 0.25) is 5.15 Å². The molecule has 2 heterocycles. The zero-order valence-corrected chi connectivity index (χ0v) is 9.92. The normalized spacial score (nSPS) is 10.2. The van der Waals surface area contributed by atoms with Crippen LogP contribution in [0.25, 0.3) is 0 Å². The Bertz CT molecular complexity index is 557. The predicted molar refractivity (Wildman–Crippen MR) is 65.9 cm³/mol. The highest BCUT2D eigenvalue weighted by Gasteiger charge is 2.16. The molecule has 2 aromatic rings. The van der Waals surface area contributed by atoms with Crippen LogP contribution in [0.5, 0.6) is 0 Å². The van der Waals surface area contributed by atoms with Crippen molar-refractivity contribution in [1.29, 1.82) is 0 Å². The number of rotatable bonds is 2. The Labute approximate surface area is 105 Å². The van der Waals surface area contributed by atoms with Crippen molar-refractivity contribution in [3.05, 3.63) is 22.4 Å². The van der Waals surface area contributed by atoms with Gasteiger partial charge in [-0.05, 0) is 0 Å². The minimum Gasteiger partial charge on any atom is -0.382 e. The first-order chi connectivity index (χ1) is 8.08. The number of nitrogens with zero attached hydrogens (tertiary/aromatic N) is 3. The molecule has 0 atom stereocenters. The SMILES string of the molecule is Nc1nc(N)c(C(=O)Nc2nccs2)nc1Cl. The number of nitrogen functional groups attached to an aromatic ring is 2. The molecule has 0 unspecified atom stereocenters. The molecule has 0 aromatic carbocycles. The molecule has 9 heteroatoms. The van der Waals surface area contributed by atoms with Crippen molar-refractivity contribution < 1.29 is 4.79 Å². The van der Waals surface area contributed by atoms with Crippen molar-refractivity contribution in [2.24, 2.45) is 0 Å². The fourth-order valence-electron chi connectivity index (χ4n) is 1.05. The molecule has 0 radical (unpaired) electrons. The summed E-state index contributed by atoms with van der Waals surface area (Å²) in [4.78, 5) is 23.1. The number of carbonyl (C=O) groups is 1. The lowest BCUT2D eigenvalue weighted by molar-refractivity contribution is 0.102. The van der Waals surface area contributed by atoms with Crippen LogP contribution in [0, 0.1) is 0 Å². The molecule has 0 aliphatic rings. The number of hydrogen-bond acceptors (Lipinski definition) is 7. The Balaban J connectivity index is 2.28. The second-order valence-electron chi connectivity index (χ2n) is 2.92. The number of carbonyl (C=O) groups excluding carboxylic acids is 1. The molecule has 0 aliphatic carbocycles. The Morgan fingerprint density at radius 3 is 2.76 bits per heavy atom. The smallest absolute Gasteiger partial charge is 0.279 e. The summed E-state index contributed by atoms with van der Waals surface area (Å²) in [6.45, 7) is 0. The zero-order chi connectivity index (χ0) is 12.4. The van der Waals surface area contributed by atoms with E-state index in [2.05, 4.69) is 20.3 Å². The summed E-state index contributed by atoms with van der Waals surface area (Å²) in [5, 5.41) is 4.60. The van der Waals surface area contributed by atoms with Crippen LogP contribution in [0.3, 0.4) is 0 Å². The first-order valence-electron chi connectivity index (χ1n) is 4.37. The number of halogens is 1. The van der Waals surface area contributed by atoms with Gasteiger partial charge in [-0.15, -0.1) is 11.3 Å². The second-order valence-corrected chi connectivity index (χ2v) is 4.18. The summed E-state index contributed by atoms with van der Waals surface area (Å²) in [7, 11) is 0. The van der Waals surface area contributed by atoms with Crippen molar-refractivity contribution >= 4 is 45.6 Å². The highest BCUT2D eigenvalue weighted by molar-refractivity contribution is 7.13. The Morgan fingerprint density at radius 1 is 1.35 bits per heavy atom. The maximum absolute atomic E-state index is 11.8. The molecule has 0 saturated carbocycles. The van der Waals surface area contributed by atoms with Gasteiger partial charge in [0, 0.05) is 11.6 Å². The fourth-order valence-corrected chi connectivity index (χ4v) is 1.70. The summed E-state index contributed by atoms with van der Waals surface area (Å²) in [6, 6.07) is 0. The minimum atomic E-state index is -0.535. The molecule has 17 heavy (non-hydrogen) atoms. The van der Waals surface area contributed by atoms with Gasteiger partial charge in [-0.1, -0.05) is 11.6 Å². The van der Waals surface area contributed by atoms with Gasteiger partial charge in [0.25, 0.3) is 5.91 Å². The molecule has 0 aliphatic heterocycles. The van der Waals surface area contributed by atoms with E-state index in [0.717, 1.165) is 0 Å². The number of nitrogens with two attached hydrogens (primary N) is 2. The third-order valence-electron chi connectivity index (χ3n) is 1.77. The number of hydrogen-bond donors (Lipinski definition) is 3. The summed E-state index contributed by atoms with van der Waals surface area (Å²) in [6.07, 6.45) is 1.56. The molecule has 88 valence electrons. The molecule has 1 amide bonds. The van der Waals surface area contributed by atoms with Crippen LogP contribution in [0.4, 0.5) is 16.8 Å². The van der Waals surface area contributed by atoms with Gasteiger partial charge in [0.05, 0.1) is 0 Å². The molecule has 2 rings (SSSR count). The highest BCUT2D eigenvalue weighted by Crippen LogP contribution is 2.19. The van der Waals surface area contributed by atoms with E-state index in [0.29, 0.717) is 5.13 Å². The van der Waals surface area contributed by atoms with Gasteiger partial charge < -0.3 is 11.5 Å². The Kier molecular flexibility index (Phi) is 3.07. The number of nitrogens with one attached hydrogen (secondary N) is 1. The van der Waals surface area contributed by atoms with Crippen LogP contribution in [-0.2, 0) is 0 Å². The van der Waals surface area contributed by atoms with Crippen molar-refractivity contribution in [2.45, 2.75) is 0 Å². The average molecular weight is 271 g/mol. The van der Waals surface area contributed by atoms with E-state index < -0.39 is 5.91 Å². The van der Waals surface area contributed by atoms with Gasteiger partial charge in [-0.3, -0.25) is 10.1 Å². The summed E-state index contributed by atoms with van der Waals surface area (Å²) >= 11 is 6.93. The van der Waals surface area contributed by atoms with E-state index in [1.165, 1.54) is 11.3 Å². The topological polar surface area (TPSA) is 120 Å². The lowest BCUT2D eigenvalue weighted by Gasteiger charge is -2.05. The number of amides is 1. The quantitative estimate of drug-likeness (QED) is 0.749. The van der Waals surface area contributed by atoms with E-state index in [4.69, 9.17) is 23.1 Å². The molecular formula is C8H7ClN6OS. The lowest BCUT2D eigenvalue weighted by atomic mass is 10.4. The maximum Gasteiger partial charge on any atom is 0.279 e. The van der Waals surface area contributed by atoms with Crippen LogP contribution in [-0.4, -0.2) is 20.9 Å². The third kappa shape index (κ3) is 2.43. The largest absolute Gasteiger partial charge is 0.382 e. The average Bonchev–Trinajstić information content (AvgIpc) is 2.76. The van der Waals surface area contributed by atoms with Gasteiger partial charge in [-0.2, -0.15) is 0 Å². The van der Waals surface area contributed by atoms with Crippen LogP contribution in [0.15, 0.2) is 11.6 Å². The van der Waals surface area contributed by atoms with Crippen LogP contribution < -0.4 is 16.8 Å². The Morgan fingerprint density at radius 2 is 2.12 bits per heavy atom. The first-order valence-corrected chi connectivity index (χ1v) is 5.63. The summed E-state index contributed by atoms with van der Waals surface area (Å²) in [5.41, 5.74) is 10.8. The number of aromatic nitrogens is 3. The van der Waals surface area contributed by atoms with Crippen molar-refractivity contribution in [2.75, 3.05) is 16.8 Å². The summed E-state index contributed by atoms with van der Waals surface area (Å²) < 4.78 is 0. The minimum absolute atomic E-state index is 0.0186. The van der Waals surface area contributed by atoms with Gasteiger partial charge >= 0.3 is 0 Å². The molecule has 0 bridgehead atoms. The third-order valence-corrected chi connectivity index (χ3v) is 2.74. The molecular weight excluding hydrogens is 264 g/mol. The van der Waals surface area contributed by atoms with Crippen molar-refractivity contribution in [3.8, 4) is 0 Å². The monoisotopic (exact) mass is 270 g/mol. The first kappa shape index (κ1) is 11.6. The van der Waals surface area contributed by atoms with E-state index in [1.54, 1.807) is 11.6 Å². The van der Waals surface area contributed by atoms with Crippen LogP contribution >= 0.6 is 22.9 Å². The van der Waals surface area contributed by atoms with E-state index in [1.807, 2.05) is 0 Å². The molecule has 2 aromatic heterocycles. The van der Waals surface area contributed by atoms with Crippen LogP contribution in [0.1, 0.15) is 10.5 Å².